The summed E-state index contributed by atoms with van der Waals surface area (Å²) in [7, 11) is 1.54. The zero-order valence-electron chi connectivity index (χ0n) is 17.8. The van der Waals surface area contributed by atoms with Crippen molar-refractivity contribution in [3.05, 3.63) is 64.8 Å². The van der Waals surface area contributed by atoms with Gasteiger partial charge in [0.2, 0.25) is 0 Å². The van der Waals surface area contributed by atoms with Crippen molar-refractivity contribution in [3.63, 3.8) is 0 Å². The van der Waals surface area contributed by atoms with E-state index < -0.39 is 11.8 Å². The number of benzene rings is 2. The molecule has 1 saturated heterocycles. The lowest BCUT2D eigenvalue weighted by molar-refractivity contribution is -0.120. The summed E-state index contributed by atoms with van der Waals surface area (Å²) < 4.78 is 5.11. The summed E-state index contributed by atoms with van der Waals surface area (Å²) >= 11 is 6.19. The first-order valence-corrected chi connectivity index (χ1v) is 11.0. The van der Waals surface area contributed by atoms with Gasteiger partial charge in [-0.15, -0.1) is 0 Å². The first kappa shape index (κ1) is 21.9. The molecule has 2 aromatic rings. The largest absolute Gasteiger partial charge is 0.497 e. The quantitative estimate of drug-likeness (QED) is 0.688. The number of carbonyl (C=O) groups excluding carboxylic acids is 3. The zero-order chi connectivity index (χ0) is 22.7. The van der Waals surface area contributed by atoms with E-state index in [4.69, 9.17) is 16.3 Å². The number of methoxy groups -OCH3 is 1. The third-order valence-corrected chi connectivity index (χ3v) is 6.00. The molecule has 1 fully saturated rings. The Labute approximate surface area is 191 Å². The van der Waals surface area contributed by atoms with Gasteiger partial charge in [-0.05, 0) is 61.4 Å². The number of likely N-dealkylation sites (tertiary alicyclic amines) is 1. The number of hydrogen-bond acceptors (Lipinski definition) is 5. The fraction of sp³-hybridized carbons (Fsp3) is 0.292. The minimum Gasteiger partial charge on any atom is -0.497 e. The number of imide groups is 1. The minimum atomic E-state index is -0.600. The lowest BCUT2D eigenvalue weighted by atomic mass is 10.1. The molecule has 3 amide bonds. The van der Waals surface area contributed by atoms with Crippen LogP contribution in [0, 0.1) is 0 Å². The first-order chi connectivity index (χ1) is 15.5. The number of rotatable bonds is 5. The molecule has 32 heavy (non-hydrogen) atoms. The Kier molecular flexibility index (Phi) is 6.46. The van der Waals surface area contributed by atoms with Crippen LogP contribution in [-0.2, 0) is 9.59 Å². The van der Waals surface area contributed by atoms with Crippen molar-refractivity contribution < 1.29 is 19.1 Å². The van der Waals surface area contributed by atoms with E-state index in [0.717, 1.165) is 43.7 Å². The van der Waals surface area contributed by atoms with Crippen molar-refractivity contribution in [2.24, 2.45) is 0 Å². The number of halogens is 1. The van der Waals surface area contributed by atoms with Gasteiger partial charge in [0.1, 0.15) is 16.5 Å². The molecule has 0 bridgehead atoms. The number of ether oxygens (including phenoxy) is 1. The van der Waals surface area contributed by atoms with E-state index in [1.54, 1.807) is 48.5 Å². The molecule has 166 valence electrons. The van der Waals surface area contributed by atoms with E-state index in [-0.39, 0.29) is 16.6 Å². The molecule has 0 atom stereocenters. The Morgan fingerprint density at radius 1 is 0.906 bits per heavy atom. The van der Waals surface area contributed by atoms with Gasteiger partial charge in [0.05, 0.1) is 12.8 Å². The highest BCUT2D eigenvalue weighted by molar-refractivity contribution is 6.53. The summed E-state index contributed by atoms with van der Waals surface area (Å²) in [5.41, 5.74) is 1.54. The second kappa shape index (κ2) is 9.44. The molecule has 2 aliphatic rings. The molecule has 2 heterocycles. The van der Waals surface area contributed by atoms with Crippen LogP contribution in [0.1, 0.15) is 36.0 Å². The number of hydrogen-bond donors (Lipinski definition) is 1. The Bertz CT molecular complexity index is 1060. The summed E-state index contributed by atoms with van der Waals surface area (Å²) in [6.45, 7) is 1.55. The van der Waals surface area contributed by atoms with Crippen molar-refractivity contribution in [2.75, 3.05) is 30.4 Å². The van der Waals surface area contributed by atoms with Crippen LogP contribution in [-0.4, -0.2) is 42.8 Å². The summed E-state index contributed by atoms with van der Waals surface area (Å²) in [5.74, 6) is -0.527. The van der Waals surface area contributed by atoms with E-state index in [9.17, 15) is 14.4 Å². The predicted octanol–water partition coefficient (Wildman–Crippen LogP) is 4.15. The SMILES string of the molecule is COc1ccc(N2C(=O)C(Cl)=C(Nc3ccc(C(=O)N4CCCCCC4)cc3)C2=O)cc1. The highest BCUT2D eigenvalue weighted by atomic mass is 35.5. The second-order valence-corrected chi connectivity index (χ2v) is 8.12. The van der Waals surface area contributed by atoms with Crippen LogP contribution in [0.15, 0.2) is 59.3 Å². The van der Waals surface area contributed by atoms with E-state index >= 15 is 0 Å². The van der Waals surface area contributed by atoms with Gasteiger partial charge in [0.25, 0.3) is 17.7 Å². The second-order valence-electron chi connectivity index (χ2n) is 7.74. The average molecular weight is 454 g/mol. The Balaban J connectivity index is 1.47. The summed E-state index contributed by atoms with van der Waals surface area (Å²) in [4.78, 5) is 41.2. The molecule has 8 heteroatoms. The van der Waals surface area contributed by atoms with Crippen LogP contribution in [0.5, 0.6) is 5.75 Å². The third kappa shape index (κ3) is 4.34. The van der Waals surface area contributed by atoms with Crippen LogP contribution < -0.4 is 15.0 Å². The molecule has 0 aromatic heterocycles. The van der Waals surface area contributed by atoms with Crippen LogP contribution in [0.25, 0.3) is 0 Å². The van der Waals surface area contributed by atoms with Gasteiger partial charge >= 0.3 is 0 Å². The molecular weight excluding hydrogens is 430 g/mol. The van der Waals surface area contributed by atoms with Gasteiger partial charge in [-0.3, -0.25) is 14.4 Å². The van der Waals surface area contributed by atoms with Gasteiger partial charge in [-0.2, -0.15) is 0 Å². The van der Waals surface area contributed by atoms with Crippen molar-refractivity contribution in [2.45, 2.75) is 25.7 Å². The highest BCUT2D eigenvalue weighted by Crippen LogP contribution is 2.31. The summed E-state index contributed by atoms with van der Waals surface area (Å²) in [6.07, 6.45) is 4.36. The van der Waals surface area contributed by atoms with Gasteiger partial charge < -0.3 is 15.0 Å². The molecule has 0 radical (unpaired) electrons. The van der Waals surface area contributed by atoms with Gasteiger partial charge in [0.15, 0.2) is 0 Å². The zero-order valence-corrected chi connectivity index (χ0v) is 18.5. The lowest BCUT2D eigenvalue weighted by Crippen LogP contribution is -2.32. The Hall–Kier alpha value is -3.32. The Morgan fingerprint density at radius 2 is 1.53 bits per heavy atom. The molecule has 0 unspecified atom stereocenters. The maximum absolute atomic E-state index is 12.9. The number of nitrogens with one attached hydrogen (secondary N) is 1. The number of nitrogens with zero attached hydrogens (tertiary/aromatic N) is 2. The normalized spacial score (nSPS) is 16.9. The summed E-state index contributed by atoms with van der Waals surface area (Å²) in [6, 6.07) is 13.4. The molecule has 0 aliphatic carbocycles. The van der Waals surface area contributed by atoms with E-state index in [1.807, 2.05) is 4.90 Å². The molecule has 1 N–H and O–H groups in total. The van der Waals surface area contributed by atoms with Crippen molar-refractivity contribution in [1.82, 2.24) is 4.90 Å². The van der Waals surface area contributed by atoms with Crippen LogP contribution in [0.4, 0.5) is 11.4 Å². The fourth-order valence-corrected chi connectivity index (χ4v) is 4.09. The fourth-order valence-electron chi connectivity index (χ4n) is 3.87. The summed E-state index contributed by atoms with van der Waals surface area (Å²) in [5, 5.41) is 2.75. The van der Waals surface area contributed by atoms with Gasteiger partial charge in [-0.1, -0.05) is 24.4 Å². The van der Waals surface area contributed by atoms with Crippen LogP contribution in [0.3, 0.4) is 0 Å². The molecule has 7 nitrogen and oxygen atoms in total. The lowest BCUT2D eigenvalue weighted by Gasteiger charge is -2.20. The Morgan fingerprint density at radius 3 is 2.12 bits per heavy atom. The van der Waals surface area contributed by atoms with E-state index in [0.29, 0.717) is 22.7 Å². The van der Waals surface area contributed by atoms with Crippen molar-refractivity contribution in [1.29, 1.82) is 0 Å². The van der Waals surface area contributed by atoms with Gasteiger partial charge in [0, 0.05) is 24.3 Å². The first-order valence-electron chi connectivity index (χ1n) is 10.6. The van der Waals surface area contributed by atoms with Crippen LogP contribution in [0.2, 0.25) is 0 Å². The molecule has 4 rings (SSSR count). The van der Waals surface area contributed by atoms with Crippen LogP contribution >= 0.6 is 11.6 Å². The molecule has 2 aliphatic heterocycles. The van der Waals surface area contributed by atoms with Crippen molar-refractivity contribution >= 4 is 40.7 Å². The number of anilines is 2. The molecule has 2 aromatic carbocycles. The minimum absolute atomic E-state index is 0.000852. The highest BCUT2D eigenvalue weighted by Gasteiger charge is 2.39. The number of carbonyl (C=O) groups is 3. The topological polar surface area (TPSA) is 79.0 Å². The predicted molar refractivity (Wildman–Crippen MR) is 123 cm³/mol. The third-order valence-electron chi connectivity index (χ3n) is 5.65. The van der Waals surface area contributed by atoms with Crippen molar-refractivity contribution in [3.8, 4) is 5.75 Å². The average Bonchev–Trinajstić information content (AvgIpc) is 3.02. The maximum Gasteiger partial charge on any atom is 0.283 e. The van der Waals surface area contributed by atoms with E-state index in [1.165, 1.54) is 7.11 Å². The molecule has 0 saturated carbocycles. The smallest absolute Gasteiger partial charge is 0.283 e. The number of amides is 3. The monoisotopic (exact) mass is 453 g/mol. The molecule has 0 spiro atoms. The van der Waals surface area contributed by atoms with Gasteiger partial charge in [-0.25, -0.2) is 4.90 Å². The standard InChI is InChI=1S/C24H24ClN3O4/c1-32-19-12-10-18(11-13-19)28-23(30)20(25)21(24(28)31)26-17-8-6-16(7-9-17)22(29)27-14-4-2-3-5-15-27/h6-13,26H,2-5,14-15H2,1H3. The van der Waals surface area contributed by atoms with E-state index in [2.05, 4.69) is 5.32 Å². The molecular formula is C24H24ClN3O4. The maximum atomic E-state index is 12.9.